The predicted octanol–water partition coefficient (Wildman–Crippen LogP) is 1.66. The first-order valence-electron chi connectivity index (χ1n) is 6.82. The van der Waals surface area contributed by atoms with Gasteiger partial charge >= 0.3 is 0 Å². The van der Waals surface area contributed by atoms with Gasteiger partial charge in [-0.05, 0) is 38.0 Å². The number of carbonyl (C=O) groups is 2. The maximum absolute atomic E-state index is 12.2. The van der Waals surface area contributed by atoms with Gasteiger partial charge in [0.25, 0.3) is 0 Å². The molecule has 1 aliphatic rings. The predicted molar refractivity (Wildman–Crippen MR) is 79.1 cm³/mol. The Morgan fingerprint density at radius 2 is 2.15 bits per heavy atom. The van der Waals surface area contributed by atoms with Gasteiger partial charge in [-0.3, -0.25) is 9.59 Å². The monoisotopic (exact) mass is 272 g/mol. The minimum atomic E-state index is -0.403. The first kappa shape index (κ1) is 14.3. The average molecular weight is 272 g/mol. The third kappa shape index (κ3) is 3.07. The summed E-state index contributed by atoms with van der Waals surface area (Å²) in [6.45, 7) is 6.89. The SMILES string of the molecule is Cc1ccc(C=CC(=O)N2CCNC(=O)C2C)c(C)c1. The largest absolute Gasteiger partial charge is 0.353 e. The fourth-order valence-electron chi connectivity index (χ4n) is 2.35. The van der Waals surface area contributed by atoms with E-state index in [0.717, 1.165) is 11.1 Å². The summed E-state index contributed by atoms with van der Waals surface area (Å²) in [5.74, 6) is -0.211. The van der Waals surface area contributed by atoms with Crippen LogP contribution >= 0.6 is 0 Å². The quantitative estimate of drug-likeness (QED) is 0.832. The molecule has 0 spiro atoms. The molecule has 2 amide bonds. The fourth-order valence-corrected chi connectivity index (χ4v) is 2.35. The first-order valence-corrected chi connectivity index (χ1v) is 6.82. The van der Waals surface area contributed by atoms with E-state index in [2.05, 4.69) is 11.4 Å². The lowest BCUT2D eigenvalue weighted by atomic mass is 10.1. The van der Waals surface area contributed by atoms with Gasteiger partial charge in [-0.25, -0.2) is 0 Å². The topological polar surface area (TPSA) is 49.4 Å². The van der Waals surface area contributed by atoms with E-state index in [4.69, 9.17) is 0 Å². The Labute approximate surface area is 119 Å². The van der Waals surface area contributed by atoms with Crippen LogP contribution in [0.2, 0.25) is 0 Å². The Bertz CT molecular complexity index is 564. The van der Waals surface area contributed by atoms with E-state index in [9.17, 15) is 9.59 Å². The Hall–Kier alpha value is -2.10. The number of amides is 2. The maximum Gasteiger partial charge on any atom is 0.247 e. The third-order valence-electron chi connectivity index (χ3n) is 3.61. The lowest BCUT2D eigenvalue weighted by Gasteiger charge is -2.31. The van der Waals surface area contributed by atoms with Crippen LogP contribution in [0.1, 0.15) is 23.6 Å². The highest BCUT2D eigenvalue weighted by Crippen LogP contribution is 2.13. The molecule has 20 heavy (non-hydrogen) atoms. The van der Waals surface area contributed by atoms with E-state index in [0.29, 0.717) is 13.1 Å². The number of hydrogen-bond donors (Lipinski definition) is 1. The summed E-state index contributed by atoms with van der Waals surface area (Å²) < 4.78 is 0. The van der Waals surface area contributed by atoms with Gasteiger partial charge in [-0.15, -0.1) is 0 Å². The zero-order chi connectivity index (χ0) is 14.7. The highest BCUT2D eigenvalue weighted by Gasteiger charge is 2.27. The lowest BCUT2D eigenvalue weighted by molar-refractivity contribution is -0.139. The zero-order valence-electron chi connectivity index (χ0n) is 12.1. The normalized spacial score (nSPS) is 19.2. The molecule has 1 saturated heterocycles. The van der Waals surface area contributed by atoms with Crippen LogP contribution in [0, 0.1) is 13.8 Å². The molecule has 0 aliphatic carbocycles. The average Bonchev–Trinajstić information content (AvgIpc) is 2.40. The standard InChI is InChI=1S/C16H20N2O2/c1-11-4-5-14(12(2)10-11)6-7-15(19)18-9-8-17-16(20)13(18)3/h4-7,10,13H,8-9H2,1-3H3,(H,17,20). The van der Waals surface area contributed by atoms with Crippen molar-refractivity contribution >= 4 is 17.9 Å². The van der Waals surface area contributed by atoms with Crippen molar-refractivity contribution in [3.05, 3.63) is 41.0 Å². The second-order valence-electron chi connectivity index (χ2n) is 5.19. The Kier molecular flexibility index (Phi) is 4.23. The smallest absolute Gasteiger partial charge is 0.247 e. The van der Waals surface area contributed by atoms with Gasteiger partial charge in [0.15, 0.2) is 0 Å². The molecule has 1 heterocycles. The summed E-state index contributed by atoms with van der Waals surface area (Å²) in [5, 5.41) is 2.75. The van der Waals surface area contributed by atoms with Crippen LogP contribution in [-0.2, 0) is 9.59 Å². The van der Waals surface area contributed by atoms with Crippen molar-refractivity contribution in [2.45, 2.75) is 26.8 Å². The molecule has 1 atom stereocenters. The van der Waals surface area contributed by atoms with Gasteiger partial charge in [0.1, 0.15) is 6.04 Å². The van der Waals surface area contributed by atoms with E-state index in [1.54, 1.807) is 17.9 Å². The molecule has 4 nitrogen and oxygen atoms in total. The molecule has 2 rings (SSSR count). The summed E-state index contributed by atoms with van der Waals surface area (Å²) >= 11 is 0. The Morgan fingerprint density at radius 1 is 1.40 bits per heavy atom. The summed E-state index contributed by atoms with van der Waals surface area (Å²) in [6.07, 6.45) is 3.36. The van der Waals surface area contributed by atoms with Crippen LogP contribution in [-0.4, -0.2) is 35.8 Å². The van der Waals surface area contributed by atoms with E-state index in [-0.39, 0.29) is 11.8 Å². The number of nitrogens with one attached hydrogen (secondary N) is 1. The van der Waals surface area contributed by atoms with E-state index in [1.807, 2.05) is 32.1 Å². The fraction of sp³-hybridized carbons (Fsp3) is 0.375. The van der Waals surface area contributed by atoms with Gasteiger partial charge in [-0.1, -0.05) is 23.8 Å². The van der Waals surface area contributed by atoms with Crippen molar-refractivity contribution in [3.8, 4) is 0 Å². The van der Waals surface area contributed by atoms with Gasteiger partial charge < -0.3 is 10.2 Å². The molecular weight excluding hydrogens is 252 g/mol. The lowest BCUT2D eigenvalue weighted by Crippen LogP contribution is -2.55. The Balaban J connectivity index is 2.10. The summed E-state index contributed by atoms with van der Waals surface area (Å²) in [5.41, 5.74) is 3.36. The second kappa shape index (κ2) is 5.90. The van der Waals surface area contributed by atoms with Crippen molar-refractivity contribution in [1.29, 1.82) is 0 Å². The molecule has 106 valence electrons. The molecule has 1 N–H and O–H groups in total. The Morgan fingerprint density at radius 3 is 2.85 bits per heavy atom. The van der Waals surface area contributed by atoms with E-state index in [1.165, 1.54) is 5.56 Å². The number of hydrogen-bond acceptors (Lipinski definition) is 2. The van der Waals surface area contributed by atoms with Crippen molar-refractivity contribution in [3.63, 3.8) is 0 Å². The van der Waals surface area contributed by atoms with Crippen molar-refractivity contribution in [2.75, 3.05) is 13.1 Å². The molecule has 0 radical (unpaired) electrons. The van der Waals surface area contributed by atoms with Crippen LogP contribution < -0.4 is 5.32 Å². The third-order valence-corrected chi connectivity index (χ3v) is 3.61. The molecule has 1 aromatic rings. The van der Waals surface area contributed by atoms with Crippen molar-refractivity contribution in [1.82, 2.24) is 10.2 Å². The number of nitrogens with zero attached hydrogens (tertiary/aromatic N) is 1. The van der Waals surface area contributed by atoms with Gasteiger partial charge in [0.2, 0.25) is 11.8 Å². The van der Waals surface area contributed by atoms with E-state index < -0.39 is 6.04 Å². The number of benzene rings is 1. The summed E-state index contributed by atoms with van der Waals surface area (Å²) in [7, 11) is 0. The minimum absolute atomic E-state index is 0.0930. The zero-order valence-corrected chi connectivity index (χ0v) is 12.1. The molecule has 1 fully saturated rings. The highest BCUT2D eigenvalue weighted by molar-refractivity contribution is 5.96. The molecular formula is C16H20N2O2. The number of aryl methyl sites for hydroxylation is 2. The van der Waals surface area contributed by atoms with Gasteiger partial charge in [-0.2, -0.15) is 0 Å². The van der Waals surface area contributed by atoms with Crippen LogP contribution in [0.3, 0.4) is 0 Å². The van der Waals surface area contributed by atoms with Crippen molar-refractivity contribution < 1.29 is 9.59 Å². The second-order valence-corrected chi connectivity index (χ2v) is 5.19. The molecule has 4 heteroatoms. The van der Waals surface area contributed by atoms with Gasteiger partial charge in [0, 0.05) is 19.2 Å². The molecule has 0 bridgehead atoms. The highest BCUT2D eigenvalue weighted by atomic mass is 16.2. The van der Waals surface area contributed by atoms with Crippen LogP contribution in [0.5, 0.6) is 0 Å². The van der Waals surface area contributed by atoms with Crippen LogP contribution in [0.15, 0.2) is 24.3 Å². The van der Waals surface area contributed by atoms with Crippen molar-refractivity contribution in [2.24, 2.45) is 0 Å². The number of carbonyl (C=O) groups excluding carboxylic acids is 2. The minimum Gasteiger partial charge on any atom is -0.353 e. The van der Waals surface area contributed by atoms with Crippen LogP contribution in [0.4, 0.5) is 0 Å². The summed E-state index contributed by atoms with van der Waals surface area (Å²) in [4.78, 5) is 25.3. The van der Waals surface area contributed by atoms with Crippen LogP contribution in [0.25, 0.3) is 6.08 Å². The van der Waals surface area contributed by atoms with Gasteiger partial charge in [0.05, 0.1) is 0 Å². The number of rotatable bonds is 2. The number of piperazine rings is 1. The summed E-state index contributed by atoms with van der Waals surface area (Å²) in [6, 6.07) is 5.70. The molecule has 1 aromatic carbocycles. The molecule has 1 unspecified atom stereocenters. The molecule has 0 saturated carbocycles. The molecule has 1 aliphatic heterocycles. The first-order chi connectivity index (χ1) is 9.49. The van der Waals surface area contributed by atoms with E-state index >= 15 is 0 Å². The maximum atomic E-state index is 12.2. The molecule has 0 aromatic heterocycles.